The summed E-state index contributed by atoms with van der Waals surface area (Å²) in [6.45, 7) is 0.643. The lowest BCUT2D eigenvalue weighted by atomic mass is 10.1. The van der Waals surface area contributed by atoms with Gasteiger partial charge in [-0.3, -0.25) is 4.79 Å². The van der Waals surface area contributed by atoms with E-state index >= 15 is 0 Å². The lowest BCUT2D eigenvalue weighted by Gasteiger charge is -2.14. The molecular weight excluding hydrogens is 328 g/mol. The SMILES string of the molecule is COc1cccc(C=O)c1OCCOc1ccccc1-c1ccccc1. The Morgan fingerprint density at radius 2 is 1.46 bits per heavy atom. The molecule has 4 heteroatoms. The highest BCUT2D eigenvalue weighted by Gasteiger charge is 2.10. The highest BCUT2D eigenvalue weighted by atomic mass is 16.5. The van der Waals surface area contributed by atoms with Crippen molar-refractivity contribution in [2.24, 2.45) is 0 Å². The Hall–Kier alpha value is -3.27. The zero-order valence-electron chi connectivity index (χ0n) is 14.6. The fourth-order valence-corrected chi connectivity index (χ4v) is 2.68. The molecule has 0 heterocycles. The maximum Gasteiger partial charge on any atom is 0.171 e. The first-order valence-electron chi connectivity index (χ1n) is 8.35. The van der Waals surface area contributed by atoms with E-state index in [1.807, 2.05) is 54.6 Å². The summed E-state index contributed by atoms with van der Waals surface area (Å²) in [7, 11) is 1.55. The number of carbonyl (C=O) groups excluding carboxylic acids is 1. The van der Waals surface area contributed by atoms with Crippen LogP contribution in [0.5, 0.6) is 17.2 Å². The first-order valence-corrected chi connectivity index (χ1v) is 8.35. The van der Waals surface area contributed by atoms with E-state index in [0.717, 1.165) is 23.2 Å². The summed E-state index contributed by atoms with van der Waals surface area (Å²) in [5.41, 5.74) is 2.57. The first-order chi connectivity index (χ1) is 12.8. The summed E-state index contributed by atoms with van der Waals surface area (Å²) in [5, 5.41) is 0. The molecule has 3 rings (SSSR count). The van der Waals surface area contributed by atoms with Crippen molar-refractivity contribution in [3.8, 4) is 28.4 Å². The monoisotopic (exact) mass is 348 g/mol. The molecule has 0 atom stereocenters. The Balaban J connectivity index is 1.66. The summed E-state index contributed by atoms with van der Waals surface area (Å²) in [5.74, 6) is 1.75. The molecule has 0 amide bonds. The standard InChI is InChI=1S/C22H20O4/c1-24-21-13-7-10-18(16-23)22(21)26-15-14-25-20-12-6-5-11-19(20)17-8-3-2-4-9-17/h2-13,16H,14-15H2,1H3. The molecule has 0 aliphatic rings. The Kier molecular flexibility index (Phi) is 5.88. The average molecular weight is 348 g/mol. The van der Waals surface area contributed by atoms with Crippen molar-refractivity contribution >= 4 is 6.29 Å². The van der Waals surface area contributed by atoms with Crippen LogP contribution in [0.15, 0.2) is 72.8 Å². The molecule has 0 aliphatic carbocycles. The van der Waals surface area contributed by atoms with E-state index in [9.17, 15) is 4.79 Å². The third-order valence-electron chi connectivity index (χ3n) is 3.92. The quantitative estimate of drug-likeness (QED) is 0.440. The number of hydrogen-bond donors (Lipinski definition) is 0. The zero-order chi connectivity index (χ0) is 18.2. The molecule has 0 bridgehead atoms. The molecule has 0 aliphatic heterocycles. The number of benzene rings is 3. The number of methoxy groups -OCH3 is 1. The summed E-state index contributed by atoms with van der Waals surface area (Å²) < 4.78 is 16.9. The van der Waals surface area contributed by atoms with Crippen LogP contribution in [0.4, 0.5) is 0 Å². The topological polar surface area (TPSA) is 44.8 Å². The summed E-state index contributed by atoms with van der Waals surface area (Å²) in [6, 6.07) is 23.2. The van der Waals surface area contributed by atoms with E-state index in [1.54, 1.807) is 25.3 Å². The molecule has 0 N–H and O–H groups in total. The molecule has 0 radical (unpaired) electrons. The molecule has 4 nitrogen and oxygen atoms in total. The van der Waals surface area contributed by atoms with E-state index in [-0.39, 0.29) is 0 Å². The van der Waals surface area contributed by atoms with Gasteiger partial charge >= 0.3 is 0 Å². The van der Waals surface area contributed by atoms with Crippen molar-refractivity contribution in [1.82, 2.24) is 0 Å². The predicted molar refractivity (Wildman–Crippen MR) is 101 cm³/mol. The van der Waals surface area contributed by atoms with Crippen LogP contribution < -0.4 is 14.2 Å². The third kappa shape index (κ3) is 4.03. The Morgan fingerprint density at radius 1 is 0.769 bits per heavy atom. The van der Waals surface area contributed by atoms with Crippen molar-refractivity contribution in [2.45, 2.75) is 0 Å². The van der Waals surface area contributed by atoms with Gasteiger partial charge < -0.3 is 14.2 Å². The number of carbonyl (C=O) groups is 1. The number of hydrogen-bond acceptors (Lipinski definition) is 4. The Morgan fingerprint density at radius 3 is 2.23 bits per heavy atom. The van der Waals surface area contributed by atoms with Gasteiger partial charge in [0.1, 0.15) is 19.0 Å². The van der Waals surface area contributed by atoms with Gasteiger partial charge in [0, 0.05) is 5.56 Å². The van der Waals surface area contributed by atoms with Gasteiger partial charge in [-0.05, 0) is 23.8 Å². The molecule has 0 spiro atoms. The lowest BCUT2D eigenvalue weighted by Crippen LogP contribution is -2.11. The van der Waals surface area contributed by atoms with Crippen molar-refractivity contribution < 1.29 is 19.0 Å². The van der Waals surface area contributed by atoms with E-state index < -0.39 is 0 Å². The van der Waals surface area contributed by atoms with Gasteiger partial charge in [0.05, 0.1) is 12.7 Å². The van der Waals surface area contributed by atoms with Crippen LogP contribution in [0.25, 0.3) is 11.1 Å². The molecule has 0 aromatic heterocycles. The lowest BCUT2D eigenvalue weighted by molar-refractivity contribution is 0.111. The molecule has 132 valence electrons. The normalized spacial score (nSPS) is 10.2. The van der Waals surface area contributed by atoms with Gasteiger partial charge in [0.25, 0.3) is 0 Å². The molecule has 3 aromatic carbocycles. The van der Waals surface area contributed by atoms with Gasteiger partial charge in [-0.2, -0.15) is 0 Å². The fourth-order valence-electron chi connectivity index (χ4n) is 2.68. The fraction of sp³-hybridized carbons (Fsp3) is 0.136. The highest BCUT2D eigenvalue weighted by Crippen LogP contribution is 2.31. The van der Waals surface area contributed by atoms with Gasteiger partial charge in [-0.15, -0.1) is 0 Å². The van der Waals surface area contributed by atoms with Crippen LogP contribution >= 0.6 is 0 Å². The van der Waals surface area contributed by atoms with Crippen molar-refractivity contribution in [1.29, 1.82) is 0 Å². The molecule has 3 aromatic rings. The predicted octanol–water partition coefficient (Wildman–Crippen LogP) is 4.63. The smallest absolute Gasteiger partial charge is 0.171 e. The minimum atomic E-state index is 0.296. The van der Waals surface area contributed by atoms with Crippen LogP contribution in [0.3, 0.4) is 0 Å². The summed E-state index contributed by atoms with van der Waals surface area (Å²) in [6.07, 6.45) is 0.753. The first kappa shape index (κ1) is 17.5. The van der Waals surface area contributed by atoms with Gasteiger partial charge in [-0.1, -0.05) is 54.6 Å². The number of para-hydroxylation sites is 2. The number of ether oxygens (including phenoxy) is 3. The number of rotatable bonds is 8. The van der Waals surface area contributed by atoms with Crippen molar-refractivity contribution in [3.05, 3.63) is 78.4 Å². The molecule has 0 saturated heterocycles. The van der Waals surface area contributed by atoms with Gasteiger partial charge in [0.2, 0.25) is 0 Å². The minimum absolute atomic E-state index is 0.296. The average Bonchev–Trinajstić information content (AvgIpc) is 2.72. The zero-order valence-corrected chi connectivity index (χ0v) is 14.6. The van der Waals surface area contributed by atoms with Crippen LogP contribution in [-0.4, -0.2) is 26.6 Å². The molecule has 0 saturated carbocycles. The molecular formula is C22H20O4. The maximum absolute atomic E-state index is 11.2. The molecule has 26 heavy (non-hydrogen) atoms. The van der Waals surface area contributed by atoms with Crippen molar-refractivity contribution in [2.75, 3.05) is 20.3 Å². The minimum Gasteiger partial charge on any atom is -0.493 e. The van der Waals surface area contributed by atoms with Crippen LogP contribution in [0, 0.1) is 0 Å². The van der Waals surface area contributed by atoms with Crippen molar-refractivity contribution in [3.63, 3.8) is 0 Å². The van der Waals surface area contributed by atoms with E-state index in [4.69, 9.17) is 14.2 Å². The Bertz CT molecular complexity index is 859. The van der Waals surface area contributed by atoms with E-state index in [2.05, 4.69) is 0 Å². The van der Waals surface area contributed by atoms with Gasteiger partial charge in [-0.25, -0.2) is 0 Å². The second-order valence-electron chi connectivity index (χ2n) is 5.56. The number of aldehydes is 1. The third-order valence-corrected chi connectivity index (χ3v) is 3.92. The van der Waals surface area contributed by atoms with E-state index in [1.165, 1.54) is 0 Å². The maximum atomic E-state index is 11.2. The second kappa shape index (κ2) is 8.72. The molecule has 0 fully saturated rings. The van der Waals surface area contributed by atoms with Gasteiger partial charge in [0.15, 0.2) is 17.8 Å². The Labute approximate surface area is 153 Å². The molecule has 0 unspecified atom stereocenters. The largest absolute Gasteiger partial charge is 0.493 e. The summed E-state index contributed by atoms with van der Waals surface area (Å²) >= 11 is 0. The second-order valence-corrected chi connectivity index (χ2v) is 5.56. The van der Waals surface area contributed by atoms with Crippen LogP contribution in [-0.2, 0) is 0 Å². The van der Waals surface area contributed by atoms with Crippen LogP contribution in [0.2, 0.25) is 0 Å². The highest BCUT2D eigenvalue weighted by molar-refractivity contribution is 5.81. The van der Waals surface area contributed by atoms with Crippen LogP contribution in [0.1, 0.15) is 10.4 Å². The van der Waals surface area contributed by atoms with E-state index in [0.29, 0.717) is 30.3 Å². The summed E-state index contributed by atoms with van der Waals surface area (Å²) in [4.78, 5) is 11.2.